The summed E-state index contributed by atoms with van der Waals surface area (Å²) in [5.74, 6) is 0.602. The van der Waals surface area contributed by atoms with E-state index in [2.05, 4.69) is 32.5 Å². The van der Waals surface area contributed by atoms with Gasteiger partial charge in [0, 0.05) is 54.7 Å². The summed E-state index contributed by atoms with van der Waals surface area (Å²) < 4.78 is 14.0. The molecular formula is C25H30N4O3. The van der Waals surface area contributed by atoms with Gasteiger partial charge in [-0.2, -0.15) is 0 Å². The van der Waals surface area contributed by atoms with Crippen molar-refractivity contribution in [2.24, 2.45) is 7.05 Å². The van der Waals surface area contributed by atoms with E-state index in [1.807, 2.05) is 26.1 Å². The van der Waals surface area contributed by atoms with Crippen molar-refractivity contribution in [2.45, 2.75) is 32.9 Å². The van der Waals surface area contributed by atoms with E-state index in [1.54, 1.807) is 12.4 Å². The standard InChI is InChI=1S/C25H30N4O3/c1-4-31-25(30)23-21(15-29-11-5-6-12-29)28(3)20-13-18(17-7-9-26-10-8-17)24-19(22(20)23)14-27(2)16-32-24/h7-10,13H,4-6,11-12,14-16H2,1-3H3. The van der Waals surface area contributed by atoms with Crippen LogP contribution in [0.4, 0.5) is 0 Å². The molecule has 4 heterocycles. The summed E-state index contributed by atoms with van der Waals surface area (Å²) >= 11 is 0. The van der Waals surface area contributed by atoms with Crippen molar-refractivity contribution in [3.63, 3.8) is 0 Å². The van der Waals surface area contributed by atoms with E-state index < -0.39 is 0 Å². The molecule has 0 unspecified atom stereocenters. The van der Waals surface area contributed by atoms with Gasteiger partial charge in [-0.3, -0.25) is 14.8 Å². The summed E-state index contributed by atoms with van der Waals surface area (Å²) in [4.78, 5) is 22.0. The van der Waals surface area contributed by atoms with Crippen LogP contribution in [0.15, 0.2) is 30.6 Å². The Kier molecular flexibility index (Phi) is 5.61. The van der Waals surface area contributed by atoms with E-state index in [9.17, 15) is 4.79 Å². The number of ether oxygens (including phenoxy) is 2. The fraction of sp³-hybridized carbons (Fsp3) is 0.440. The summed E-state index contributed by atoms with van der Waals surface area (Å²) in [7, 11) is 4.10. The fourth-order valence-electron chi connectivity index (χ4n) is 5.02. The molecule has 32 heavy (non-hydrogen) atoms. The van der Waals surface area contributed by atoms with Crippen molar-refractivity contribution in [3.05, 3.63) is 47.4 Å². The van der Waals surface area contributed by atoms with Gasteiger partial charge >= 0.3 is 5.97 Å². The van der Waals surface area contributed by atoms with Crippen LogP contribution in [0.1, 0.15) is 41.4 Å². The van der Waals surface area contributed by atoms with E-state index >= 15 is 0 Å². The fourth-order valence-corrected chi connectivity index (χ4v) is 5.02. The van der Waals surface area contributed by atoms with Crippen molar-refractivity contribution >= 4 is 16.9 Å². The highest BCUT2D eigenvalue weighted by Gasteiger charge is 2.31. The number of aryl methyl sites for hydroxylation is 1. The maximum absolute atomic E-state index is 13.3. The van der Waals surface area contributed by atoms with Gasteiger partial charge in [0.25, 0.3) is 0 Å². The van der Waals surface area contributed by atoms with Crippen LogP contribution < -0.4 is 4.74 Å². The molecule has 168 valence electrons. The first-order chi connectivity index (χ1) is 15.6. The molecule has 2 aromatic heterocycles. The zero-order valence-electron chi connectivity index (χ0n) is 19.1. The number of carbonyl (C=O) groups excluding carboxylic acids is 1. The third-order valence-electron chi connectivity index (χ3n) is 6.56. The van der Waals surface area contributed by atoms with Gasteiger partial charge in [-0.15, -0.1) is 0 Å². The molecule has 3 aromatic rings. The maximum atomic E-state index is 13.3. The zero-order chi connectivity index (χ0) is 22.2. The lowest BCUT2D eigenvalue weighted by Gasteiger charge is -2.28. The Morgan fingerprint density at radius 1 is 1.19 bits per heavy atom. The highest BCUT2D eigenvalue weighted by atomic mass is 16.5. The molecule has 1 saturated heterocycles. The van der Waals surface area contributed by atoms with Crippen LogP contribution in [-0.2, 0) is 24.9 Å². The molecule has 0 saturated carbocycles. The number of likely N-dealkylation sites (tertiary alicyclic amines) is 1. The van der Waals surface area contributed by atoms with Crippen LogP contribution in [-0.4, -0.2) is 58.8 Å². The molecule has 1 fully saturated rings. The summed E-state index contributed by atoms with van der Waals surface area (Å²) in [6, 6.07) is 6.16. The van der Waals surface area contributed by atoms with Crippen LogP contribution in [0.2, 0.25) is 0 Å². The number of hydrogen-bond acceptors (Lipinski definition) is 6. The second-order valence-corrected chi connectivity index (χ2v) is 8.73. The minimum absolute atomic E-state index is 0.251. The maximum Gasteiger partial charge on any atom is 0.340 e. The zero-order valence-corrected chi connectivity index (χ0v) is 19.1. The van der Waals surface area contributed by atoms with E-state index in [0.717, 1.165) is 58.7 Å². The molecular weight excluding hydrogens is 404 g/mol. The average Bonchev–Trinajstić information content (AvgIpc) is 3.41. The highest BCUT2D eigenvalue weighted by Crippen LogP contribution is 2.44. The predicted molar refractivity (Wildman–Crippen MR) is 124 cm³/mol. The van der Waals surface area contributed by atoms with Crippen molar-refractivity contribution in [3.8, 4) is 16.9 Å². The summed E-state index contributed by atoms with van der Waals surface area (Å²) in [6.45, 7) is 6.31. The van der Waals surface area contributed by atoms with Gasteiger partial charge in [-0.25, -0.2) is 4.79 Å². The van der Waals surface area contributed by atoms with Crippen molar-refractivity contribution in [2.75, 3.05) is 33.5 Å². The lowest BCUT2D eigenvalue weighted by molar-refractivity contribution is 0.0525. The van der Waals surface area contributed by atoms with Gasteiger partial charge in [0.15, 0.2) is 0 Å². The Hall–Kier alpha value is -2.90. The Balaban J connectivity index is 1.79. The number of carbonyl (C=O) groups is 1. The molecule has 2 aliphatic heterocycles. The minimum Gasteiger partial charge on any atom is -0.477 e. The SMILES string of the molecule is CCOC(=O)c1c(CN2CCCC2)n(C)c2cc(-c3ccncc3)c3c(c12)CN(C)CO3. The summed E-state index contributed by atoms with van der Waals surface area (Å²) in [6.07, 6.45) is 6.02. The number of fused-ring (bicyclic) bond motifs is 3. The van der Waals surface area contributed by atoms with Crippen LogP contribution >= 0.6 is 0 Å². The van der Waals surface area contributed by atoms with Gasteiger partial charge in [0.2, 0.25) is 0 Å². The molecule has 0 spiro atoms. The Bertz CT molecular complexity index is 1150. The first-order valence-electron chi connectivity index (χ1n) is 11.4. The summed E-state index contributed by atoms with van der Waals surface area (Å²) in [5, 5.41) is 0.958. The number of hydrogen-bond donors (Lipinski definition) is 0. The lowest BCUT2D eigenvalue weighted by Crippen LogP contribution is -2.28. The largest absolute Gasteiger partial charge is 0.477 e. The van der Waals surface area contributed by atoms with E-state index in [4.69, 9.17) is 9.47 Å². The quantitative estimate of drug-likeness (QED) is 0.570. The smallest absolute Gasteiger partial charge is 0.340 e. The van der Waals surface area contributed by atoms with Crippen LogP contribution in [0.3, 0.4) is 0 Å². The van der Waals surface area contributed by atoms with E-state index in [-0.39, 0.29) is 5.97 Å². The Morgan fingerprint density at radius 2 is 1.94 bits per heavy atom. The molecule has 7 heteroatoms. The van der Waals surface area contributed by atoms with Gasteiger partial charge in [0.05, 0.1) is 17.7 Å². The Morgan fingerprint density at radius 3 is 2.66 bits per heavy atom. The average molecular weight is 435 g/mol. The third-order valence-corrected chi connectivity index (χ3v) is 6.56. The van der Waals surface area contributed by atoms with Crippen LogP contribution in [0.5, 0.6) is 5.75 Å². The Labute approximate surface area is 188 Å². The van der Waals surface area contributed by atoms with Crippen molar-refractivity contribution < 1.29 is 14.3 Å². The van der Waals surface area contributed by atoms with Crippen LogP contribution in [0.25, 0.3) is 22.0 Å². The second kappa shape index (κ2) is 8.56. The molecule has 5 rings (SSSR count). The monoisotopic (exact) mass is 434 g/mol. The topological polar surface area (TPSA) is 59.8 Å². The van der Waals surface area contributed by atoms with Crippen LogP contribution in [0, 0.1) is 0 Å². The molecule has 0 radical (unpaired) electrons. The molecule has 0 atom stereocenters. The molecule has 0 aliphatic carbocycles. The second-order valence-electron chi connectivity index (χ2n) is 8.73. The number of aromatic nitrogens is 2. The van der Waals surface area contributed by atoms with Crippen molar-refractivity contribution in [1.82, 2.24) is 19.4 Å². The first kappa shape index (κ1) is 21.0. The third kappa shape index (κ3) is 3.55. The number of rotatable bonds is 5. The van der Waals surface area contributed by atoms with E-state index in [1.165, 1.54) is 12.8 Å². The normalized spacial score (nSPS) is 16.8. The first-order valence-corrected chi connectivity index (χ1v) is 11.4. The van der Waals surface area contributed by atoms with E-state index in [0.29, 0.717) is 25.4 Å². The van der Waals surface area contributed by atoms with Gasteiger partial charge < -0.3 is 14.0 Å². The number of pyridine rings is 1. The van der Waals surface area contributed by atoms with Gasteiger partial charge in [-0.05, 0) is 63.7 Å². The molecule has 0 bridgehead atoms. The molecule has 2 aliphatic rings. The summed E-state index contributed by atoms with van der Waals surface area (Å²) in [5.41, 5.74) is 5.88. The highest BCUT2D eigenvalue weighted by molar-refractivity contribution is 6.09. The van der Waals surface area contributed by atoms with Crippen molar-refractivity contribution in [1.29, 1.82) is 0 Å². The molecule has 1 aromatic carbocycles. The number of esters is 1. The number of benzene rings is 1. The molecule has 7 nitrogen and oxygen atoms in total. The van der Waals surface area contributed by atoms with Gasteiger partial charge in [-0.1, -0.05) is 0 Å². The predicted octanol–water partition coefficient (Wildman–Crippen LogP) is 3.79. The lowest BCUT2D eigenvalue weighted by atomic mass is 9.95. The molecule has 0 N–H and O–H groups in total. The molecule has 0 amide bonds. The number of nitrogens with zero attached hydrogens (tertiary/aromatic N) is 4. The van der Waals surface area contributed by atoms with Gasteiger partial charge in [0.1, 0.15) is 12.5 Å². The minimum atomic E-state index is -0.251.